The lowest BCUT2D eigenvalue weighted by molar-refractivity contribution is -0.149. The third-order valence-electron chi connectivity index (χ3n) is 6.68. The number of carbonyl (C=O) groups is 1. The molecule has 0 amide bonds. The Morgan fingerprint density at radius 3 is 2.66 bits per heavy atom. The fourth-order valence-corrected chi connectivity index (χ4v) is 5.91. The number of aromatic nitrogens is 4. The first-order chi connectivity index (χ1) is 19.5. The number of para-hydroxylation sites is 1. The SMILES string of the molecule is CC(C)OC(=O)[C@@H](C)N[P@](=O)(OCC1O[C@@H](n2cnc3c(NC4CC4)ncnc32)[C@](C)(F)[C@@H]1O)Oc1ccccc1. The van der Waals surface area contributed by atoms with E-state index in [4.69, 9.17) is 18.5 Å². The number of hydrogen-bond acceptors (Lipinski definition) is 11. The largest absolute Gasteiger partial charge is 0.462 e. The van der Waals surface area contributed by atoms with Crippen molar-refractivity contribution in [2.45, 2.75) is 82.8 Å². The molecular formula is C26H34FN6O7P. The van der Waals surface area contributed by atoms with Crippen LogP contribution in [-0.4, -0.2) is 73.3 Å². The number of benzene rings is 1. The monoisotopic (exact) mass is 592 g/mol. The first kappa shape index (κ1) is 29.3. The van der Waals surface area contributed by atoms with Crippen LogP contribution >= 0.6 is 7.75 Å². The van der Waals surface area contributed by atoms with Crippen molar-refractivity contribution in [1.82, 2.24) is 24.6 Å². The molecule has 13 nitrogen and oxygen atoms in total. The Bertz CT molecular complexity index is 1420. The molecule has 3 aromatic rings. The molecule has 1 aliphatic heterocycles. The minimum Gasteiger partial charge on any atom is -0.462 e. The summed E-state index contributed by atoms with van der Waals surface area (Å²) < 4.78 is 53.6. The average molecular weight is 593 g/mol. The Labute approximate surface area is 236 Å². The normalized spacial score (nSPS) is 26.6. The summed E-state index contributed by atoms with van der Waals surface area (Å²) in [5.41, 5.74) is -1.54. The molecule has 5 rings (SSSR count). The first-order valence-corrected chi connectivity index (χ1v) is 14.9. The lowest BCUT2D eigenvalue weighted by atomic mass is 9.98. The fourth-order valence-electron chi connectivity index (χ4n) is 4.41. The van der Waals surface area contributed by atoms with Crippen molar-refractivity contribution in [2.75, 3.05) is 11.9 Å². The Morgan fingerprint density at radius 2 is 1.98 bits per heavy atom. The van der Waals surface area contributed by atoms with Gasteiger partial charge in [0.25, 0.3) is 0 Å². The molecule has 3 heterocycles. The third kappa shape index (κ3) is 6.52. The van der Waals surface area contributed by atoms with Crippen LogP contribution in [0.25, 0.3) is 11.2 Å². The van der Waals surface area contributed by atoms with Crippen LogP contribution in [0.1, 0.15) is 46.8 Å². The second-order valence-corrected chi connectivity index (χ2v) is 12.3. The van der Waals surface area contributed by atoms with Crippen LogP contribution in [0.3, 0.4) is 0 Å². The molecule has 0 radical (unpaired) electrons. The van der Waals surface area contributed by atoms with Gasteiger partial charge < -0.3 is 24.4 Å². The van der Waals surface area contributed by atoms with Crippen molar-refractivity contribution >= 4 is 30.7 Å². The molecule has 0 spiro atoms. The number of ether oxygens (including phenoxy) is 2. The summed E-state index contributed by atoms with van der Waals surface area (Å²) in [5, 5.41) is 16.8. The molecule has 3 N–H and O–H groups in total. The summed E-state index contributed by atoms with van der Waals surface area (Å²) in [6.07, 6.45) is 0.118. The predicted molar refractivity (Wildman–Crippen MR) is 146 cm³/mol. The number of nitrogens with zero attached hydrogens (tertiary/aromatic N) is 4. The summed E-state index contributed by atoms with van der Waals surface area (Å²) >= 11 is 0. The zero-order valence-corrected chi connectivity index (χ0v) is 24.0. The number of fused-ring (bicyclic) bond motifs is 1. The summed E-state index contributed by atoms with van der Waals surface area (Å²) in [7, 11) is -4.26. The van der Waals surface area contributed by atoms with Crippen LogP contribution in [0.5, 0.6) is 5.75 Å². The number of aliphatic hydroxyl groups is 1. The van der Waals surface area contributed by atoms with Crippen LogP contribution in [0.15, 0.2) is 43.0 Å². The molecule has 0 bridgehead atoms. The van der Waals surface area contributed by atoms with E-state index in [1.54, 1.807) is 44.2 Å². The topological polar surface area (TPSA) is 159 Å². The molecule has 15 heteroatoms. The Balaban J connectivity index is 1.34. The molecule has 2 fully saturated rings. The highest BCUT2D eigenvalue weighted by Crippen LogP contribution is 2.48. The molecule has 1 saturated carbocycles. The highest BCUT2D eigenvalue weighted by Gasteiger charge is 2.56. The lowest BCUT2D eigenvalue weighted by Crippen LogP contribution is -2.41. The number of imidazole rings is 1. The Morgan fingerprint density at radius 1 is 1.24 bits per heavy atom. The molecule has 1 aliphatic carbocycles. The van der Waals surface area contributed by atoms with Gasteiger partial charge in [0, 0.05) is 6.04 Å². The molecule has 1 saturated heterocycles. The number of anilines is 1. The van der Waals surface area contributed by atoms with Crippen molar-refractivity contribution < 1.29 is 37.4 Å². The van der Waals surface area contributed by atoms with E-state index in [-0.39, 0.29) is 5.75 Å². The molecule has 41 heavy (non-hydrogen) atoms. The van der Waals surface area contributed by atoms with E-state index in [1.165, 1.54) is 31.1 Å². The summed E-state index contributed by atoms with van der Waals surface area (Å²) in [6.45, 7) is 5.48. The molecule has 1 aromatic carbocycles. The van der Waals surface area contributed by atoms with Crippen molar-refractivity contribution in [3.63, 3.8) is 0 Å². The van der Waals surface area contributed by atoms with E-state index in [1.807, 2.05) is 0 Å². The summed E-state index contributed by atoms with van der Waals surface area (Å²) in [4.78, 5) is 25.3. The number of hydrogen-bond donors (Lipinski definition) is 3. The maximum atomic E-state index is 16.0. The van der Waals surface area contributed by atoms with Crippen LogP contribution in [0, 0.1) is 0 Å². The number of carbonyl (C=O) groups excluding carboxylic acids is 1. The molecule has 2 aromatic heterocycles. The van der Waals surface area contributed by atoms with Gasteiger partial charge in [-0.25, -0.2) is 23.9 Å². The Hall–Kier alpha value is -3.16. The van der Waals surface area contributed by atoms with Gasteiger partial charge in [0.2, 0.25) is 0 Å². The number of halogens is 1. The van der Waals surface area contributed by atoms with E-state index < -0.39 is 56.6 Å². The van der Waals surface area contributed by atoms with Crippen molar-refractivity contribution in [2.24, 2.45) is 0 Å². The predicted octanol–water partition coefficient (Wildman–Crippen LogP) is 3.52. The standard InChI is InChI=1S/C26H34FN6O7P/c1-15(2)38-24(35)16(3)32-41(36,40-18-8-6-5-7-9-18)37-12-19-21(34)26(4,27)25(39-19)33-14-30-20-22(31-17-10-11-17)28-13-29-23(20)33/h5-9,13-17,19,21,25,34H,10-12H2,1-4H3,(H,32,36)(H,28,29,31)/t16-,19?,21-,25-,26-,41+/m1/s1. The van der Waals surface area contributed by atoms with Gasteiger partial charge in [-0.3, -0.25) is 13.9 Å². The van der Waals surface area contributed by atoms with Gasteiger partial charge in [-0.15, -0.1) is 0 Å². The van der Waals surface area contributed by atoms with Crippen molar-refractivity contribution in [1.29, 1.82) is 0 Å². The molecule has 222 valence electrons. The highest BCUT2D eigenvalue weighted by atomic mass is 31.2. The number of alkyl halides is 1. The van der Waals surface area contributed by atoms with Crippen LogP contribution < -0.4 is 14.9 Å². The van der Waals surface area contributed by atoms with E-state index in [2.05, 4.69) is 25.4 Å². The van der Waals surface area contributed by atoms with E-state index in [0.29, 0.717) is 23.0 Å². The van der Waals surface area contributed by atoms with Gasteiger partial charge in [-0.1, -0.05) is 18.2 Å². The van der Waals surface area contributed by atoms with Crippen molar-refractivity contribution in [3.8, 4) is 5.75 Å². The molecule has 6 atom stereocenters. The third-order valence-corrected chi connectivity index (χ3v) is 8.33. The molecule has 1 unspecified atom stereocenters. The maximum absolute atomic E-state index is 16.0. The number of aliphatic hydroxyl groups excluding tert-OH is 1. The minimum absolute atomic E-state index is 0.203. The molecule has 2 aliphatic rings. The van der Waals surface area contributed by atoms with Gasteiger partial charge in [0.1, 0.15) is 30.3 Å². The number of nitrogens with one attached hydrogen (secondary N) is 2. The smallest absolute Gasteiger partial charge is 0.459 e. The second-order valence-electron chi connectivity index (χ2n) is 10.6. The first-order valence-electron chi connectivity index (χ1n) is 13.4. The van der Waals surface area contributed by atoms with E-state index >= 15 is 4.39 Å². The average Bonchev–Trinajstić information content (AvgIpc) is 3.58. The maximum Gasteiger partial charge on any atom is 0.459 e. The van der Waals surface area contributed by atoms with Crippen LogP contribution in [0.2, 0.25) is 0 Å². The van der Waals surface area contributed by atoms with Gasteiger partial charge in [-0.2, -0.15) is 5.09 Å². The van der Waals surface area contributed by atoms with Gasteiger partial charge in [-0.05, 0) is 52.7 Å². The van der Waals surface area contributed by atoms with Crippen LogP contribution in [0.4, 0.5) is 10.2 Å². The highest BCUT2D eigenvalue weighted by molar-refractivity contribution is 7.52. The number of rotatable bonds is 12. The second kappa shape index (κ2) is 11.6. The zero-order chi connectivity index (χ0) is 29.4. The summed E-state index contributed by atoms with van der Waals surface area (Å²) in [6, 6.07) is 7.44. The summed E-state index contributed by atoms with van der Waals surface area (Å²) in [5.74, 6) is 0.0676. The quantitative estimate of drug-likeness (QED) is 0.208. The van der Waals surface area contributed by atoms with E-state index in [0.717, 1.165) is 12.8 Å². The van der Waals surface area contributed by atoms with Gasteiger partial charge >= 0.3 is 13.7 Å². The van der Waals surface area contributed by atoms with Crippen LogP contribution in [-0.2, 0) is 23.4 Å². The minimum atomic E-state index is -4.26. The van der Waals surface area contributed by atoms with Crippen molar-refractivity contribution in [3.05, 3.63) is 43.0 Å². The number of esters is 1. The van der Waals surface area contributed by atoms with Gasteiger partial charge in [0.05, 0.1) is 19.0 Å². The fraction of sp³-hybridized carbons (Fsp3) is 0.538. The molecular weight excluding hydrogens is 558 g/mol. The lowest BCUT2D eigenvalue weighted by Gasteiger charge is -2.25. The van der Waals surface area contributed by atoms with Gasteiger partial charge in [0.15, 0.2) is 28.9 Å². The van der Waals surface area contributed by atoms with E-state index in [9.17, 15) is 14.5 Å². The zero-order valence-electron chi connectivity index (χ0n) is 23.1. The Kier molecular flexibility index (Phi) is 8.31.